The lowest BCUT2D eigenvalue weighted by Crippen LogP contribution is -2.39. The van der Waals surface area contributed by atoms with Crippen molar-refractivity contribution in [1.82, 2.24) is 5.32 Å². The predicted molar refractivity (Wildman–Crippen MR) is 55.1 cm³/mol. The van der Waals surface area contributed by atoms with E-state index in [9.17, 15) is 0 Å². The quantitative estimate of drug-likeness (QED) is 0.639. The van der Waals surface area contributed by atoms with E-state index in [4.69, 9.17) is 5.73 Å². The van der Waals surface area contributed by atoms with Gasteiger partial charge in [-0.2, -0.15) is 0 Å². The molecule has 0 saturated carbocycles. The Balaban J connectivity index is 3.30. The molecule has 0 fully saturated rings. The van der Waals surface area contributed by atoms with Gasteiger partial charge in [0.2, 0.25) is 0 Å². The van der Waals surface area contributed by atoms with Crippen molar-refractivity contribution in [1.29, 1.82) is 0 Å². The summed E-state index contributed by atoms with van der Waals surface area (Å²) in [5.74, 6) is 1.35. The Kier molecular flexibility index (Phi) is 6.39. The molecule has 0 aromatic rings. The molecule has 2 unspecified atom stereocenters. The summed E-state index contributed by atoms with van der Waals surface area (Å²) in [6, 6.07) is 0.300. The molecule has 2 heteroatoms. The minimum atomic E-state index is 0.300. The minimum absolute atomic E-state index is 0.300. The summed E-state index contributed by atoms with van der Waals surface area (Å²) in [7, 11) is 0. The highest BCUT2D eigenvalue weighted by Gasteiger charge is 2.06. The molecule has 0 aromatic heterocycles. The van der Waals surface area contributed by atoms with Crippen molar-refractivity contribution < 1.29 is 0 Å². The topological polar surface area (TPSA) is 38.0 Å². The summed E-state index contributed by atoms with van der Waals surface area (Å²) < 4.78 is 0. The first-order valence-electron chi connectivity index (χ1n) is 5.04. The van der Waals surface area contributed by atoms with E-state index in [0.717, 1.165) is 19.0 Å². The van der Waals surface area contributed by atoms with Crippen LogP contribution in [0.2, 0.25) is 0 Å². The molecule has 0 aliphatic heterocycles. The van der Waals surface area contributed by atoms with Gasteiger partial charge in [-0.1, -0.05) is 34.1 Å². The van der Waals surface area contributed by atoms with Crippen LogP contribution in [-0.4, -0.2) is 19.1 Å². The molecule has 0 saturated heterocycles. The van der Waals surface area contributed by atoms with Gasteiger partial charge in [-0.3, -0.25) is 0 Å². The largest absolute Gasteiger partial charge is 0.326 e. The molecule has 0 bridgehead atoms. The van der Waals surface area contributed by atoms with Crippen molar-refractivity contribution in [2.75, 3.05) is 13.1 Å². The summed E-state index contributed by atoms with van der Waals surface area (Å²) in [5, 5.41) is 3.39. The highest BCUT2D eigenvalue weighted by atomic mass is 14.9. The number of nitrogens with two attached hydrogens (primary N) is 1. The van der Waals surface area contributed by atoms with Crippen LogP contribution in [-0.2, 0) is 0 Å². The monoisotopic (exact) mass is 172 g/mol. The molecule has 0 spiro atoms. The van der Waals surface area contributed by atoms with E-state index in [1.54, 1.807) is 0 Å². The Morgan fingerprint density at radius 3 is 2.17 bits per heavy atom. The number of rotatable bonds is 6. The van der Waals surface area contributed by atoms with Crippen molar-refractivity contribution in [2.24, 2.45) is 17.6 Å². The van der Waals surface area contributed by atoms with Gasteiger partial charge in [0.15, 0.2) is 0 Å². The van der Waals surface area contributed by atoms with Gasteiger partial charge < -0.3 is 11.1 Å². The van der Waals surface area contributed by atoms with Gasteiger partial charge in [-0.05, 0) is 18.4 Å². The van der Waals surface area contributed by atoms with Gasteiger partial charge in [-0.15, -0.1) is 0 Å². The number of hydrogen-bond acceptors (Lipinski definition) is 2. The number of hydrogen-bond donors (Lipinski definition) is 2. The van der Waals surface area contributed by atoms with Crippen molar-refractivity contribution in [3.8, 4) is 0 Å². The Morgan fingerprint density at radius 2 is 1.75 bits per heavy atom. The third-order valence-electron chi connectivity index (χ3n) is 2.43. The van der Waals surface area contributed by atoms with Crippen molar-refractivity contribution in [3.63, 3.8) is 0 Å². The third-order valence-corrected chi connectivity index (χ3v) is 2.43. The zero-order valence-electron chi connectivity index (χ0n) is 8.93. The van der Waals surface area contributed by atoms with Crippen LogP contribution >= 0.6 is 0 Å². The van der Waals surface area contributed by atoms with Crippen molar-refractivity contribution in [2.45, 2.75) is 40.2 Å². The van der Waals surface area contributed by atoms with E-state index >= 15 is 0 Å². The molecule has 2 nitrogen and oxygen atoms in total. The highest BCUT2D eigenvalue weighted by molar-refractivity contribution is 4.68. The Bertz CT molecular complexity index is 102. The van der Waals surface area contributed by atoms with E-state index in [-0.39, 0.29) is 0 Å². The SMILES string of the molecule is CCC(C)CNCC(N)C(C)C. The lowest BCUT2D eigenvalue weighted by atomic mass is 10.1. The van der Waals surface area contributed by atoms with Crippen LogP contribution in [0.4, 0.5) is 0 Å². The highest BCUT2D eigenvalue weighted by Crippen LogP contribution is 1.99. The van der Waals surface area contributed by atoms with Gasteiger partial charge in [-0.25, -0.2) is 0 Å². The van der Waals surface area contributed by atoms with Crippen LogP contribution in [0.25, 0.3) is 0 Å². The maximum absolute atomic E-state index is 5.88. The molecule has 0 aromatic carbocycles. The normalized spacial score (nSPS) is 16.5. The van der Waals surface area contributed by atoms with E-state index < -0.39 is 0 Å². The molecule has 0 aliphatic rings. The summed E-state index contributed by atoms with van der Waals surface area (Å²) >= 11 is 0. The average Bonchev–Trinajstić information content (AvgIpc) is 2.03. The fourth-order valence-corrected chi connectivity index (χ4v) is 0.876. The second-order valence-electron chi connectivity index (χ2n) is 4.08. The Morgan fingerprint density at radius 1 is 1.17 bits per heavy atom. The lowest BCUT2D eigenvalue weighted by molar-refractivity contribution is 0.427. The van der Waals surface area contributed by atoms with Crippen LogP contribution < -0.4 is 11.1 Å². The molecule has 74 valence electrons. The smallest absolute Gasteiger partial charge is 0.0188 e. The average molecular weight is 172 g/mol. The standard InChI is InChI=1S/C10H24N2/c1-5-9(4)6-12-7-10(11)8(2)3/h8-10,12H,5-7,11H2,1-4H3. The zero-order valence-corrected chi connectivity index (χ0v) is 8.93. The van der Waals surface area contributed by atoms with Gasteiger partial charge in [0.05, 0.1) is 0 Å². The molecule has 2 atom stereocenters. The molecular formula is C10H24N2. The molecule has 0 heterocycles. The van der Waals surface area contributed by atoms with Crippen LogP contribution in [0.15, 0.2) is 0 Å². The molecule has 3 N–H and O–H groups in total. The maximum atomic E-state index is 5.88. The van der Waals surface area contributed by atoms with E-state index in [1.165, 1.54) is 6.42 Å². The summed E-state index contributed by atoms with van der Waals surface area (Å²) in [4.78, 5) is 0. The minimum Gasteiger partial charge on any atom is -0.326 e. The van der Waals surface area contributed by atoms with Gasteiger partial charge in [0, 0.05) is 12.6 Å². The van der Waals surface area contributed by atoms with E-state index in [2.05, 4.69) is 33.0 Å². The molecule has 12 heavy (non-hydrogen) atoms. The molecule has 0 rings (SSSR count). The first-order valence-corrected chi connectivity index (χ1v) is 5.04. The van der Waals surface area contributed by atoms with Gasteiger partial charge in [0.25, 0.3) is 0 Å². The molecular weight excluding hydrogens is 148 g/mol. The second kappa shape index (κ2) is 6.44. The van der Waals surface area contributed by atoms with E-state index in [0.29, 0.717) is 12.0 Å². The van der Waals surface area contributed by atoms with Crippen LogP contribution in [0, 0.1) is 11.8 Å². The third kappa shape index (κ3) is 5.56. The summed E-state index contributed by atoms with van der Waals surface area (Å²) in [6.07, 6.45) is 1.24. The summed E-state index contributed by atoms with van der Waals surface area (Å²) in [5.41, 5.74) is 5.88. The molecule has 0 aliphatic carbocycles. The fourth-order valence-electron chi connectivity index (χ4n) is 0.876. The van der Waals surface area contributed by atoms with Crippen molar-refractivity contribution in [3.05, 3.63) is 0 Å². The molecule has 0 amide bonds. The maximum Gasteiger partial charge on any atom is 0.0188 e. The van der Waals surface area contributed by atoms with Crippen LogP contribution in [0.1, 0.15) is 34.1 Å². The lowest BCUT2D eigenvalue weighted by Gasteiger charge is -2.17. The van der Waals surface area contributed by atoms with Gasteiger partial charge >= 0.3 is 0 Å². The molecule has 0 radical (unpaired) electrons. The summed E-state index contributed by atoms with van der Waals surface area (Å²) in [6.45, 7) is 10.8. The second-order valence-corrected chi connectivity index (χ2v) is 4.08. The van der Waals surface area contributed by atoms with E-state index in [1.807, 2.05) is 0 Å². The zero-order chi connectivity index (χ0) is 9.56. The van der Waals surface area contributed by atoms with Crippen LogP contribution in [0.3, 0.4) is 0 Å². The first-order chi connectivity index (χ1) is 5.57. The Hall–Kier alpha value is -0.0800. The Labute approximate surface area is 76.9 Å². The van der Waals surface area contributed by atoms with Crippen LogP contribution in [0.5, 0.6) is 0 Å². The predicted octanol–water partition coefficient (Wildman–Crippen LogP) is 1.61. The van der Waals surface area contributed by atoms with Crippen molar-refractivity contribution >= 4 is 0 Å². The fraction of sp³-hybridized carbons (Fsp3) is 1.00. The van der Waals surface area contributed by atoms with Gasteiger partial charge in [0.1, 0.15) is 0 Å². The number of nitrogens with one attached hydrogen (secondary N) is 1. The first kappa shape index (κ1) is 11.9.